The van der Waals surface area contributed by atoms with E-state index in [1.54, 1.807) is 0 Å². The van der Waals surface area contributed by atoms with Crippen LogP contribution in [0.3, 0.4) is 0 Å². The van der Waals surface area contributed by atoms with Crippen LogP contribution in [0.4, 0.5) is 0 Å². The molecule has 3 heteroatoms. The molecule has 1 N–H and O–H groups in total. The van der Waals surface area contributed by atoms with Crippen molar-refractivity contribution in [2.75, 3.05) is 0 Å². The Labute approximate surface area is 97.3 Å². The normalized spacial score (nSPS) is 20.6. The van der Waals surface area contributed by atoms with Gasteiger partial charge in [-0.2, -0.15) is 0 Å². The maximum absolute atomic E-state index is 4.42. The first-order valence-electron chi connectivity index (χ1n) is 6.62. The number of aromatic nitrogens is 2. The fourth-order valence-electron chi connectivity index (χ4n) is 2.63. The Bertz CT molecular complexity index is 338. The monoisotopic (exact) mass is 219 g/mol. The van der Waals surface area contributed by atoms with Gasteiger partial charge < -0.3 is 9.88 Å². The van der Waals surface area contributed by atoms with E-state index in [2.05, 4.69) is 28.0 Å². The van der Waals surface area contributed by atoms with Crippen molar-refractivity contribution in [2.45, 2.75) is 51.7 Å². The van der Waals surface area contributed by atoms with Gasteiger partial charge in [-0.3, -0.25) is 0 Å². The van der Waals surface area contributed by atoms with Crippen LogP contribution in [0.15, 0.2) is 12.4 Å². The van der Waals surface area contributed by atoms with Crippen LogP contribution >= 0.6 is 0 Å². The molecule has 0 saturated heterocycles. The minimum absolute atomic E-state index is 0.780. The van der Waals surface area contributed by atoms with Gasteiger partial charge in [-0.05, 0) is 44.4 Å². The molecule has 0 spiro atoms. The molecule has 0 bridgehead atoms. The van der Waals surface area contributed by atoms with Crippen LogP contribution in [-0.2, 0) is 13.1 Å². The standard InChI is InChI=1S/C13H21N3/c1-2-16-8-7-14-12(16)9-15-13(10-3-4-10)11-5-6-11/h7-8,10-11,13,15H,2-6,9H2,1H3. The average molecular weight is 219 g/mol. The summed E-state index contributed by atoms with van der Waals surface area (Å²) >= 11 is 0. The lowest BCUT2D eigenvalue weighted by atomic mass is 10.1. The highest BCUT2D eigenvalue weighted by molar-refractivity contribution is 4.99. The van der Waals surface area contributed by atoms with Gasteiger partial charge in [0.1, 0.15) is 5.82 Å². The maximum atomic E-state index is 4.42. The van der Waals surface area contributed by atoms with Gasteiger partial charge in [-0.1, -0.05) is 0 Å². The summed E-state index contributed by atoms with van der Waals surface area (Å²) in [5.41, 5.74) is 0. The topological polar surface area (TPSA) is 29.9 Å². The lowest BCUT2D eigenvalue weighted by Gasteiger charge is -2.17. The van der Waals surface area contributed by atoms with E-state index in [1.165, 1.54) is 31.5 Å². The van der Waals surface area contributed by atoms with E-state index in [9.17, 15) is 0 Å². The molecule has 3 rings (SSSR count). The van der Waals surface area contributed by atoms with Crippen molar-refractivity contribution in [2.24, 2.45) is 11.8 Å². The van der Waals surface area contributed by atoms with E-state index in [4.69, 9.17) is 0 Å². The molecular weight excluding hydrogens is 198 g/mol. The number of nitrogens with one attached hydrogen (secondary N) is 1. The number of hydrogen-bond donors (Lipinski definition) is 1. The Hall–Kier alpha value is -0.830. The lowest BCUT2D eigenvalue weighted by molar-refractivity contribution is 0.406. The van der Waals surface area contributed by atoms with Crippen LogP contribution in [0.1, 0.15) is 38.4 Å². The summed E-state index contributed by atoms with van der Waals surface area (Å²) in [5, 5.41) is 3.74. The van der Waals surface area contributed by atoms with Crippen LogP contribution < -0.4 is 5.32 Å². The molecular formula is C13H21N3. The Balaban J connectivity index is 1.58. The molecule has 3 nitrogen and oxygen atoms in total. The molecule has 1 aromatic heterocycles. The summed E-state index contributed by atoms with van der Waals surface area (Å²) in [4.78, 5) is 4.42. The Morgan fingerprint density at radius 1 is 1.38 bits per heavy atom. The molecule has 88 valence electrons. The number of hydrogen-bond acceptors (Lipinski definition) is 2. The molecule has 0 unspecified atom stereocenters. The second kappa shape index (κ2) is 4.21. The van der Waals surface area contributed by atoms with Crippen LogP contribution in [-0.4, -0.2) is 15.6 Å². The molecule has 1 heterocycles. The molecule has 2 saturated carbocycles. The molecule has 2 aliphatic rings. The minimum Gasteiger partial charge on any atom is -0.334 e. The SMILES string of the molecule is CCn1ccnc1CNC(C1CC1)C1CC1. The van der Waals surface area contributed by atoms with Crippen molar-refractivity contribution < 1.29 is 0 Å². The first kappa shape index (κ1) is 10.3. The van der Waals surface area contributed by atoms with Gasteiger partial charge in [0.25, 0.3) is 0 Å². The van der Waals surface area contributed by atoms with Gasteiger partial charge in [-0.15, -0.1) is 0 Å². The highest BCUT2D eigenvalue weighted by Crippen LogP contribution is 2.44. The fourth-order valence-corrected chi connectivity index (χ4v) is 2.63. The number of aryl methyl sites for hydroxylation is 1. The Morgan fingerprint density at radius 3 is 2.62 bits per heavy atom. The summed E-state index contributed by atoms with van der Waals surface area (Å²) in [6.45, 7) is 4.14. The van der Waals surface area contributed by atoms with Gasteiger partial charge >= 0.3 is 0 Å². The molecule has 1 aromatic rings. The summed E-state index contributed by atoms with van der Waals surface area (Å²) < 4.78 is 2.23. The van der Waals surface area contributed by atoms with Crippen LogP contribution in [0, 0.1) is 11.8 Å². The van der Waals surface area contributed by atoms with Crippen molar-refractivity contribution in [1.29, 1.82) is 0 Å². The first-order valence-corrected chi connectivity index (χ1v) is 6.62. The molecule has 16 heavy (non-hydrogen) atoms. The molecule has 0 atom stereocenters. The first-order chi connectivity index (χ1) is 7.88. The van der Waals surface area contributed by atoms with E-state index in [1.807, 2.05) is 6.20 Å². The second-order valence-electron chi connectivity index (χ2n) is 5.21. The van der Waals surface area contributed by atoms with E-state index in [0.29, 0.717) is 0 Å². The number of imidazole rings is 1. The zero-order chi connectivity index (χ0) is 11.0. The summed E-state index contributed by atoms with van der Waals surface area (Å²) in [6, 6.07) is 0.780. The lowest BCUT2D eigenvalue weighted by Crippen LogP contribution is -2.33. The van der Waals surface area contributed by atoms with Gasteiger partial charge in [0.05, 0.1) is 6.54 Å². The van der Waals surface area contributed by atoms with Crippen LogP contribution in [0.2, 0.25) is 0 Å². The third-order valence-corrected chi connectivity index (χ3v) is 3.90. The number of nitrogens with zero attached hydrogens (tertiary/aromatic N) is 2. The van der Waals surface area contributed by atoms with Crippen molar-refractivity contribution >= 4 is 0 Å². The summed E-state index contributed by atoms with van der Waals surface area (Å²) in [6.07, 6.45) is 9.74. The smallest absolute Gasteiger partial charge is 0.122 e. The van der Waals surface area contributed by atoms with Gasteiger partial charge in [0.15, 0.2) is 0 Å². The molecule has 2 aliphatic carbocycles. The van der Waals surface area contributed by atoms with Crippen molar-refractivity contribution in [3.63, 3.8) is 0 Å². The van der Waals surface area contributed by atoms with E-state index < -0.39 is 0 Å². The molecule has 0 amide bonds. The zero-order valence-electron chi connectivity index (χ0n) is 10.0. The predicted octanol–water partition coefficient (Wildman–Crippen LogP) is 2.18. The highest BCUT2D eigenvalue weighted by atomic mass is 15.1. The van der Waals surface area contributed by atoms with Gasteiger partial charge in [0, 0.05) is 25.0 Å². The maximum Gasteiger partial charge on any atom is 0.122 e. The quantitative estimate of drug-likeness (QED) is 0.794. The summed E-state index contributed by atoms with van der Waals surface area (Å²) in [7, 11) is 0. The second-order valence-corrected chi connectivity index (χ2v) is 5.21. The fraction of sp³-hybridized carbons (Fsp3) is 0.769. The van der Waals surface area contributed by atoms with Gasteiger partial charge in [0.2, 0.25) is 0 Å². The highest BCUT2D eigenvalue weighted by Gasteiger charge is 2.41. The van der Waals surface area contributed by atoms with Crippen molar-refractivity contribution in [3.05, 3.63) is 18.2 Å². The van der Waals surface area contributed by atoms with Gasteiger partial charge in [-0.25, -0.2) is 4.98 Å². The van der Waals surface area contributed by atoms with Crippen LogP contribution in [0.25, 0.3) is 0 Å². The largest absolute Gasteiger partial charge is 0.334 e. The van der Waals surface area contributed by atoms with Crippen molar-refractivity contribution in [1.82, 2.24) is 14.9 Å². The zero-order valence-corrected chi connectivity index (χ0v) is 10.0. The van der Waals surface area contributed by atoms with E-state index in [0.717, 1.165) is 31.0 Å². The number of rotatable bonds is 6. The van der Waals surface area contributed by atoms with Crippen molar-refractivity contribution in [3.8, 4) is 0 Å². The van der Waals surface area contributed by atoms with E-state index in [-0.39, 0.29) is 0 Å². The minimum atomic E-state index is 0.780. The van der Waals surface area contributed by atoms with E-state index >= 15 is 0 Å². The molecule has 0 aromatic carbocycles. The summed E-state index contributed by atoms with van der Waals surface area (Å²) in [5.74, 6) is 3.13. The third kappa shape index (κ3) is 2.14. The molecule has 2 fully saturated rings. The Kier molecular flexibility index (Phi) is 2.72. The molecule has 0 aliphatic heterocycles. The molecule has 0 radical (unpaired) electrons. The van der Waals surface area contributed by atoms with Crippen LogP contribution in [0.5, 0.6) is 0 Å². The average Bonchev–Trinajstić information content (AvgIpc) is 3.19. The predicted molar refractivity (Wildman–Crippen MR) is 64.0 cm³/mol. The third-order valence-electron chi connectivity index (χ3n) is 3.90. The Morgan fingerprint density at radius 2 is 2.06 bits per heavy atom.